The number of nitrogens with one attached hydrogen (secondary N) is 2. The van der Waals surface area contributed by atoms with Crippen molar-refractivity contribution in [2.24, 2.45) is 0 Å². The molecule has 0 bridgehead atoms. The molecule has 0 atom stereocenters. The molecule has 25 heavy (non-hydrogen) atoms. The summed E-state index contributed by atoms with van der Waals surface area (Å²) in [5.74, 6) is 0.210. The molecule has 1 aliphatic rings. The lowest BCUT2D eigenvalue weighted by atomic mass is 9.95. The fourth-order valence-electron chi connectivity index (χ4n) is 2.87. The fraction of sp³-hybridized carbons (Fsp3) is 0.471. The number of para-hydroxylation sites is 1. The molecule has 1 fully saturated rings. The average Bonchev–Trinajstić information content (AvgIpc) is 2.58. The number of carbonyl (C=O) groups is 1. The third-order valence-corrected chi connectivity index (χ3v) is 6.32. The summed E-state index contributed by atoms with van der Waals surface area (Å²) in [5, 5.41) is 5.88. The van der Waals surface area contributed by atoms with Crippen molar-refractivity contribution in [3.8, 4) is 5.75 Å². The molecule has 1 aromatic rings. The Balaban J connectivity index is 0.00000312. The van der Waals surface area contributed by atoms with Crippen LogP contribution in [0.1, 0.15) is 18.4 Å². The van der Waals surface area contributed by atoms with Gasteiger partial charge in [-0.05, 0) is 32.0 Å². The molecule has 1 amide bonds. The zero-order valence-corrected chi connectivity index (χ0v) is 15.9. The lowest BCUT2D eigenvalue weighted by molar-refractivity contribution is -0.124. The van der Waals surface area contributed by atoms with Gasteiger partial charge < -0.3 is 15.4 Å². The Hall–Kier alpha value is -1.57. The molecular weight excluding hydrogens is 364 g/mol. The van der Waals surface area contributed by atoms with Crippen LogP contribution in [0.2, 0.25) is 0 Å². The van der Waals surface area contributed by atoms with Crippen LogP contribution >= 0.6 is 12.4 Å². The first-order chi connectivity index (χ1) is 11.4. The van der Waals surface area contributed by atoms with E-state index in [1.54, 1.807) is 6.08 Å². The molecule has 0 aromatic heterocycles. The first kappa shape index (κ1) is 21.5. The smallest absolute Gasteiger partial charge is 0.241 e. The summed E-state index contributed by atoms with van der Waals surface area (Å²) in [6.45, 7) is 5.22. The predicted octanol–water partition coefficient (Wildman–Crippen LogP) is 1.46. The van der Waals surface area contributed by atoms with Gasteiger partial charge in [-0.25, -0.2) is 8.42 Å². The summed E-state index contributed by atoms with van der Waals surface area (Å²) in [6, 6.07) is 7.34. The summed E-state index contributed by atoms with van der Waals surface area (Å²) in [4.78, 5) is 12.7. The van der Waals surface area contributed by atoms with Gasteiger partial charge in [0.05, 0.1) is 0 Å². The first-order valence-corrected chi connectivity index (χ1v) is 9.80. The number of rotatable bonds is 7. The number of carbonyl (C=O) groups excluding carboxylic acids is 1. The quantitative estimate of drug-likeness (QED) is 0.691. The number of benzene rings is 1. The molecule has 0 radical (unpaired) electrons. The van der Waals surface area contributed by atoms with Crippen molar-refractivity contribution in [3.05, 3.63) is 42.5 Å². The second-order valence-corrected chi connectivity index (χ2v) is 8.23. The maximum atomic E-state index is 12.7. The molecule has 0 unspecified atom stereocenters. The van der Waals surface area contributed by atoms with Crippen LogP contribution < -0.4 is 15.4 Å². The molecular formula is C17H25ClN2O4S. The van der Waals surface area contributed by atoms with Crippen LogP contribution in [0.15, 0.2) is 36.9 Å². The van der Waals surface area contributed by atoms with Crippen molar-refractivity contribution < 1.29 is 17.9 Å². The van der Waals surface area contributed by atoms with Gasteiger partial charge in [0.25, 0.3) is 0 Å². The van der Waals surface area contributed by atoms with Crippen molar-refractivity contribution in [2.75, 3.05) is 26.0 Å². The Morgan fingerprint density at radius 2 is 2.00 bits per heavy atom. The van der Waals surface area contributed by atoms with Gasteiger partial charge in [0, 0.05) is 18.4 Å². The molecule has 8 heteroatoms. The highest BCUT2D eigenvalue weighted by molar-refractivity contribution is 7.92. The minimum Gasteiger partial charge on any atom is -0.489 e. The summed E-state index contributed by atoms with van der Waals surface area (Å²) in [6.07, 6.45) is 3.35. The van der Waals surface area contributed by atoms with Crippen molar-refractivity contribution >= 4 is 28.2 Å². The molecule has 1 aliphatic heterocycles. The lowest BCUT2D eigenvalue weighted by Crippen LogP contribution is -2.57. The van der Waals surface area contributed by atoms with E-state index in [1.165, 1.54) is 0 Å². The van der Waals surface area contributed by atoms with Gasteiger partial charge in [0.1, 0.15) is 12.4 Å². The largest absolute Gasteiger partial charge is 0.489 e. The topological polar surface area (TPSA) is 84.5 Å². The molecule has 0 saturated carbocycles. The third kappa shape index (κ3) is 4.96. The second-order valence-electron chi connectivity index (χ2n) is 5.91. The third-order valence-electron chi connectivity index (χ3n) is 4.30. The van der Waals surface area contributed by atoms with Gasteiger partial charge in [-0.1, -0.05) is 30.9 Å². The molecule has 1 aromatic carbocycles. The zero-order chi connectivity index (χ0) is 17.6. The van der Waals surface area contributed by atoms with Crippen molar-refractivity contribution in [2.45, 2.75) is 24.1 Å². The average molecular weight is 389 g/mol. The SMILES string of the molecule is C=CCOc1ccccc1CNC(=O)C1(S(C)(=O)=O)CCNCC1.Cl. The molecule has 6 nitrogen and oxygen atoms in total. The van der Waals surface area contributed by atoms with E-state index < -0.39 is 20.5 Å². The van der Waals surface area contributed by atoms with Gasteiger partial charge in [-0.15, -0.1) is 12.4 Å². The molecule has 1 saturated heterocycles. The van der Waals surface area contributed by atoms with Crippen molar-refractivity contribution in [1.82, 2.24) is 10.6 Å². The van der Waals surface area contributed by atoms with Crippen molar-refractivity contribution in [1.29, 1.82) is 0 Å². The minimum atomic E-state index is -3.51. The van der Waals surface area contributed by atoms with E-state index in [4.69, 9.17) is 4.74 Å². The van der Waals surface area contributed by atoms with Crippen LogP contribution in [0, 0.1) is 0 Å². The van der Waals surface area contributed by atoms with Gasteiger partial charge in [-0.3, -0.25) is 4.79 Å². The second kappa shape index (κ2) is 9.22. The van der Waals surface area contributed by atoms with Gasteiger partial charge in [0.15, 0.2) is 14.6 Å². The number of hydrogen-bond donors (Lipinski definition) is 2. The van der Waals surface area contributed by atoms with E-state index in [2.05, 4.69) is 17.2 Å². The van der Waals surface area contributed by atoms with Crippen LogP contribution in [0.4, 0.5) is 0 Å². The monoisotopic (exact) mass is 388 g/mol. The number of hydrogen-bond acceptors (Lipinski definition) is 5. The molecule has 0 aliphatic carbocycles. The van der Waals surface area contributed by atoms with Crippen LogP contribution in [0.3, 0.4) is 0 Å². The highest BCUT2D eigenvalue weighted by atomic mass is 35.5. The molecule has 2 rings (SSSR count). The van der Waals surface area contributed by atoms with Gasteiger partial charge in [0.2, 0.25) is 5.91 Å². The molecule has 140 valence electrons. The van der Waals surface area contributed by atoms with E-state index >= 15 is 0 Å². The van der Waals surface area contributed by atoms with Crippen LogP contribution in [-0.2, 0) is 21.2 Å². The summed E-state index contributed by atoms with van der Waals surface area (Å²) < 4.78 is 28.7. The van der Waals surface area contributed by atoms with E-state index in [0.717, 1.165) is 11.8 Å². The van der Waals surface area contributed by atoms with E-state index in [0.29, 0.717) is 25.4 Å². The number of sulfone groups is 1. The maximum absolute atomic E-state index is 12.7. The molecule has 0 spiro atoms. The van der Waals surface area contributed by atoms with Crippen LogP contribution in [-0.4, -0.2) is 45.0 Å². The minimum absolute atomic E-state index is 0. The molecule has 2 N–H and O–H groups in total. The predicted molar refractivity (Wildman–Crippen MR) is 101 cm³/mol. The van der Waals surface area contributed by atoms with Crippen LogP contribution in [0.5, 0.6) is 5.75 Å². The Bertz CT molecular complexity index is 700. The van der Waals surface area contributed by atoms with E-state index in [1.807, 2.05) is 24.3 Å². The van der Waals surface area contributed by atoms with E-state index in [-0.39, 0.29) is 31.8 Å². The lowest BCUT2D eigenvalue weighted by Gasteiger charge is -2.34. The highest BCUT2D eigenvalue weighted by Gasteiger charge is 2.48. The number of piperidine rings is 1. The Kier molecular flexibility index (Phi) is 7.92. The summed E-state index contributed by atoms with van der Waals surface area (Å²) in [7, 11) is -3.51. The number of ether oxygens (including phenoxy) is 1. The zero-order valence-electron chi connectivity index (χ0n) is 14.3. The van der Waals surface area contributed by atoms with Crippen LogP contribution in [0.25, 0.3) is 0 Å². The summed E-state index contributed by atoms with van der Waals surface area (Å²) in [5.41, 5.74) is 0.797. The van der Waals surface area contributed by atoms with Crippen molar-refractivity contribution in [3.63, 3.8) is 0 Å². The summed E-state index contributed by atoms with van der Waals surface area (Å²) >= 11 is 0. The van der Waals surface area contributed by atoms with Gasteiger partial charge in [-0.2, -0.15) is 0 Å². The first-order valence-electron chi connectivity index (χ1n) is 7.91. The number of amides is 1. The Morgan fingerprint density at radius 3 is 2.60 bits per heavy atom. The van der Waals surface area contributed by atoms with E-state index in [9.17, 15) is 13.2 Å². The maximum Gasteiger partial charge on any atom is 0.241 e. The normalized spacial score (nSPS) is 16.4. The highest BCUT2D eigenvalue weighted by Crippen LogP contribution is 2.28. The fourth-order valence-corrected chi connectivity index (χ4v) is 4.23. The van der Waals surface area contributed by atoms with Gasteiger partial charge >= 0.3 is 0 Å². The number of halogens is 1. The Morgan fingerprint density at radius 1 is 1.36 bits per heavy atom. The standard InChI is InChI=1S/C17H24N2O4S.ClH/c1-3-12-23-15-7-5-4-6-14(15)13-19-16(20)17(24(2,21)22)8-10-18-11-9-17;/h3-7,18H,1,8-13H2,2H3,(H,19,20);1H. The Labute approximate surface area is 155 Å². The molecule has 1 heterocycles.